The van der Waals surface area contributed by atoms with Crippen molar-refractivity contribution >= 4 is 15.8 Å². The van der Waals surface area contributed by atoms with E-state index in [0.29, 0.717) is 37.1 Å². The molecular weight excluding hydrogens is 366 g/mol. The molecule has 0 aromatic heterocycles. The Morgan fingerprint density at radius 3 is 2.37 bits per heavy atom. The number of sulfone groups is 1. The first-order valence-electron chi connectivity index (χ1n) is 9.15. The fourth-order valence-corrected chi connectivity index (χ4v) is 3.12. The molecule has 0 amide bonds. The van der Waals surface area contributed by atoms with E-state index in [0.717, 1.165) is 0 Å². The summed E-state index contributed by atoms with van der Waals surface area (Å²) in [6, 6.07) is 7.45. The number of aliphatic imine (C=N–C) groups is 1. The Morgan fingerprint density at radius 1 is 1.19 bits per heavy atom. The molecule has 0 fully saturated rings. The Kier molecular flexibility index (Phi) is 8.88. The van der Waals surface area contributed by atoms with E-state index in [1.54, 1.807) is 27.9 Å². The summed E-state index contributed by atoms with van der Waals surface area (Å²) in [5, 5.41) is 6.18. The number of benzene rings is 1. The predicted octanol–water partition coefficient (Wildman–Crippen LogP) is 2.23. The van der Waals surface area contributed by atoms with E-state index >= 15 is 0 Å². The van der Waals surface area contributed by atoms with Crippen molar-refractivity contribution in [3.05, 3.63) is 24.3 Å². The Morgan fingerprint density at radius 2 is 1.81 bits per heavy atom. The average molecular weight is 400 g/mol. The molecule has 0 radical (unpaired) electrons. The second kappa shape index (κ2) is 10.4. The van der Waals surface area contributed by atoms with Crippen LogP contribution < -0.4 is 20.1 Å². The van der Waals surface area contributed by atoms with Crippen molar-refractivity contribution in [1.29, 1.82) is 0 Å². The largest absolute Gasteiger partial charge is 0.493 e. The van der Waals surface area contributed by atoms with Gasteiger partial charge in [0.15, 0.2) is 27.3 Å². The lowest BCUT2D eigenvalue weighted by Gasteiger charge is -2.20. The van der Waals surface area contributed by atoms with Crippen LogP contribution in [-0.4, -0.2) is 57.7 Å². The Labute approximate surface area is 163 Å². The number of methoxy groups -OCH3 is 1. The smallest absolute Gasteiger partial charge is 0.191 e. The molecule has 1 aromatic rings. The van der Waals surface area contributed by atoms with Crippen LogP contribution in [0.3, 0.4) is 0 Å². The monoisotopic (exact) mass is 399 g/mol. The lowest BCUT2D eigenvalue weighted by molar-refractivity contribution is 0.219. The molecule has 0 spiro atoms. The van der Waals surface area contributed by atoms with Crippen molar-refractivity contribution in [2.24, 2.45) is 4.99 Å². The SMILES string of the molecule is CCNC(=NCC(C)Oc1ccccc1OC)NCCS(=O)(=O)C(C)(C)C. The molecule has 7 nitrogen and oxygen atoms in total. The molecule has 0 aliphatic heterocycles. The van der Waals surface area contributed by atoms with E-state index in [1.807, 2.05) is 38.1 Å². The maximum absolute atomic E-state index is 12.2. The van der Waals surface area contributed by atoms with Crippen molar-refractivity contribution < 1.29 is 17.9 Å². The molecule has 1 rings (SSSR count). The third kappa shape index (κ3) is 7.66. The van der Waals surface area contributed by atoms with Gasteiger partial charge in [0, 0.05) is 13.1 Å². The molecule has 0 heterocycles. The molecule has 154 valence electrons. The lowest BCUT2D eigenvalue weighted by atomic mass is 10.3. The molecule has 27 heavy (non-hydrogen) atoms. The van der Waals surface area contributed by atoms with Gasteiger partial charge in [0.25, 0.3) is 0 Å². The Bertz CT molecular complexity index is 712. The van der Waals surface area contributed by atoms with Gasteiger partial charge in [-0.1, -0.05) is 12.1 Å². The number of guanidine groups is 1. The highest BCUT2D eigenvalue weighted by Crippen LogP contribution is 2.26. The van der Waals surface area contributed by atoms with E-state index in [1.165, 1.54) is 0 Å². The number of hydrogen-bond donors (Lipinski definition) is 2. The van der Waals surface area contributed by atoms with Gasteiger partial charge in [0.1, 0.15) is 6.10 Å². The van der Waals surface area contributed by atoms with Crippen LogP contribution in [0, 0.1) is 0 Å². The first-order valence-corrected chi connectivity index (χ1v) is 10.8. The Hall–Kier alpha value is -1.96. The molecular formula is C19H33N3O4S. The van der Waals surface area contributed by atoms with Crippen molar-refractivity contribution in [1.82, 2.24) is 10.6 Å². The molecule has 1 atom stereocenters. The lowest BCUT2D eigenvalue weighted by Crippen LogP contribution is -2.42. The van der Waals surface area contributed by atoms with Crippen LogP contribution in [0.25, 0.3) is 0 Å². The van der Waals surface area contributed by atoms with Crippen molar-refractivity contribution in [2.75, 3.05) is 32.5 Å². The standard InChI is InChI=1S/C19H33N3O4S/c1-7-20-18(21-12-13-27(23,24)19(3,4)5)22-14-15(2)26-17-11-9-8-10-16(17)25-6/h8-11,15H,7,12-14H2,1-6H3,(H2,20,21,22). The van der Waals surface area contributed by atoms with Crippen LogP contribution in [0.5, 0.6) is 11.5 Å². The normalized spacial score (nSPS) is 13.8. The molecule has 0 aliphatic carbocycles. The van der Waals surface area contributed by atoms with Gasteiger partial charge < -0.3 is 20.1 Å². The van der Waals surface area contributed by atoms with Gasteiger partial charge in [-0.15, -0.1) is 0 Å². The number of ether oxygens (including phenoxy) is 2. The topological polar surface area (TPSA) is 89.0 Å². The summed E-state index contributed by atoms with van der Waals surface area (Å²) in [5.41, 5.74) is 0. The summed E-state index contributed by atoms with van der Waals surface area (Å²) < 4.78 is 34.8. The number of hydrogen-bond acceptors (Lipinski definition) is 5. The van der Waals surface area contributed by atoms with Crippen LogP contribution in [0.15, 0.2) is 29.3 Å². The van der Waals surface area contributed by atoms with Crippen LogP contribution in [0.2, 0.25) is 0 Å². The molecule has 8 heteroatoms. The number of nitrogens with one attached hydrogen (secondary N) is 2. The first-order chi connectivity index (χ1) is 12.6. The fourth-order valence-electron chi connectivity index (χ4n) is 2.14. The van der Waals surface area contributed by atoms with Gasteiger partial charge in [-0.05, 0) is 46.8 Å². The third-order valence-corrected chi connectivity index (χ3v) is 6.45. The predicted molar refractivity (Wildman–Crippen MR) is 111 cm³/mol. The molecule has 1 unspecified atom stereocenters. The zero-order valence-corrected chi connectivity index (χ0v) is 18.0. The molecule has 0 saturated carbocycles. The van der Waals surface area contributed by atoms with Crippen molar-refractivity contribution in [2.45, 2.75) is 45.5 Å². The molecule has 1 aromatic carbocycles. The number of para-hydroxylation sites is 2. The highest BCUT2D eigenvalue weighted by Gasteiger charge is 2.28. The second-order valence-corrected chi connectivity index (χ2v) is 10.0. The van der Waals surface area contributed by atoms with Crippen molar-refractivity contribution in [3.8, 4) is 11.5 Å². The highest BCUT2D eigenvalue weighted by atomic mass is 32.2. The van der Waals surface area contributed by atoms with E-state index in [9.17, 15) is 8.42 Å². The number of rotatable bonds is 9. The molecule has 0 bridgehead atoms. The summed E-state index contributed by atoms with van der Waals surface area (Å²) in [6.07, 6.45) is -0.171. The van der Waals surface area contributed by atoms with E-state index < -0.39 is 14.6 Å². The first kappa shape index (κ1) is 23.1. The van der Waals surface area contributed by atoms with Crippen LogP contribution in [0.4, 0.5) is 0 Å². The molecule has 2 N–H and O–H groups in total. The average Bonchev–Trinajstić information content (AvgIpc) is 2.59. The minimum absolute atomic E-state index is 0.0498. The summed E-state index contributed by atoms with van der Waals surface area (Å²) in [4.78, 5) is 4.48. The summed E-state index contributed by atoms with van der Waals surface area (Å²) in [6.45, 7) is 10.4. The summed E-state index contributed by atoms with van der Waals surface area (Å²) in [7, 11) is -1.57. The van der Waals surface area contributed by atoms with Crippen molar-refractivity contribution in [3.63, 3.8) is 0 Å². The van der Waals surface area contributed by atoms with Gasteiger partial charge in [-0.25, -0.2) is 13.4 Å². The minimum Gasteiger partial charge on any atom is -0.493 e. The van der Waals surface area contributed by atoms with Gasteiger partial charge in [-0.2, -0.15) is 0 Å². The van der Waals surface area contributed by atoms with Gasteiger partial charge >= 0.3 is 0 Å². The number of nitrogens with zero attached hydrogens (tertiary/aromatic N) is 1. The third-order valence-electron chi connectivity index (χ3n) is 3.84. The Balaban J connectivity index is 2.62. The fraction of sp³-hybridized carbons (Fsp3) is 0.632. The zero-order valence-electron chi connectivity index (χ0n) is 17.2. The van der Waals surface area contributed by atoms with E-state index in [4.69, 9.17) is 9.47 Å². The summed E-state index contributed by atoms with van der Waals surface area (Å²) >= 11 is 0. The van der Waals surface area contributed by atoms with Gasteiger partial charge in [0.05, 0.1) is 24.2 Å². The minimum atomic E-state index is -3.17. The van der Waals surface area contributed by atoms with Gasteiger partial charge in [0.2, 0.25) is 0 Å². The maximum atomic E-state index is 12.2. The maximum Gasteiger partial charge on any atom is 0.191 e. The molecule has 0 saturated heterocycles. The van der Waals surface area contributed by atoms with E-state index in [-0.39, 0.29) is 11.9 Å². The molecule has 0 aliphatic rings. The zero-order chi connectivity index (χ0) is 20.5. The van der Waals surface area contributed by atoms with E-state index in [2.05, 4.69) is 15.6 Å². The quantitative estimate of drug-likeness (QED) is 0.489. The summed E-state index contributed by atoms with van der Waals surface area (Å²) in [5.74, 6) is 1.95. The highest BCUT2D eigenvalue weighted by molar-refractivity contribution is 7.92. The van der Waals surface area contributed by atoms with Crippen LogP contribution in [-0.2, 0) is 9.84 Å². The second-order valence-electron chi connectivity index (χ2n) is 7.16. The van der Waals surface area contributed by atoms with Gasteiger partial charge in [-0.3, -0.25) is 0 Å². The van der Waals surface area contributed by atoms with Crippen LogP contribution in [0.1, 0.15) is 34.6 Å². The van der Waals surface area contributed by atoms with Crippen LogP contribution >= 0.6 is 0 Å².